The lowest BCUT2D eigenvalue weighted by Crippen LogP contribution is -2.32. The molecule has 1 heterocycles. The third-order valence-electron chi connectivity index (χ3n) is 4.86. The van der Waals surface area contributed by atoms with Crippen LogP contribution in [0.5, 0.6) is 0 Å². The lowest BCUT2D eigenvalue weighted by molar-refractivity contribution is -0.116. The number of halogens is 3. The molecule has 2 aromatic rings. The Balaban J connectivity index is 1.43. The van der Waals surface area contributed by atoms with E-state index in [0.29, 0.717) is 28.7 Å². The van der Waals surface area contributed by atoms with Crippen molar-refractivity contribution in [1.82, 2.24) is 9.80 Å². The Labute approximate surface area is 175 Å². The molecule has 0 atom stereocenters. The summed E-state index contributed by atoms with van der Waals surface area (Å²) >= 11 is 12.0. The highest BCUT2D eigenvalue weighted by atomic mass is 35.5. The second kappa shape index (κ2) is 10.2. The molecule has 3 rings (SSSR count). The molecule has 0 aromatic heterocycles. The minimum Gasteiger partial charge on any atom is -0.325 e. The summed E-state index contributed by atoms with van der Waals surface area (Å²) in [5, 5.41) is 3.84. The first-order valence-electron chi connectivity index (χ1n) is 9.43. The molecule has 0 radical (unpaired) electrons. The fourth-order valence-corrected chi connectivity index (χ4v) is 3.66. The van der Waals surface area contributed by atoms with E-state index in [1.165, 1.54) is 12.1 Å². The van der Waals surface area contributed by atoms with Crippen molar-refractivity contribution in [2.24, 2.45) is 0 Å². The van der Waals surface area contributed by atoms with E-state index < -0.39 is 0 Å². The summed E-state index contributed by atoms with van der Waals surface area (Å²) in [6.07, 6.45) is 1.45. The molecule has 0 aliphatic carbocycles. The number of anilines is 1. The van der Waals surface area contributed by atoms with E-state index in [-0.39, 0.29) is 11.7 Å². The van der Waals surface area contributed by atoms with Crippen LogP contribution in [0.2, 0.25) is 10.0 Å². The first-order chi connectivity index (χ1) is 13.5. The molecule has 7 heteroatoms. The van der Waals surface area contributed by atoms with Crippen LogP contribution in [0.1, 0.15) is 18.4 Å². The Hall–Kier alpha value is -1.66. The number of carbonyl (C=O) groups excluding carboxylic acids is 1. The predicted octanol–water partition coefficient (Wildman–Crippen LogP) is 4.67. The van der Waals surface area contributed by atoms with Crippen LogP contribution >= 0.6 is 23.2 Å². The number of hydrogen-bond donors (Lipinski definition) is 1. The molecule has 2 aromatic carbocycles. The molecule has 1 amide bonds. The maximum absolute atomic E-state index is 13.0. The van der Waals surface area contributed by atoms with Crippen LogP contribution in [0.4, 0.5) is 10.1 Å². The average molecular weight is 424 g/mol. The second-order valence-corrected chi connectivity index (χ2v) is 7.86. The van der Waals surface area contributed by atoms with Crippen molar-refractivity contribution >= 4 is 34.8 Å². The quantitative estimate of drug-likeness (QED) is 0.732. The summed E-state index contributed by atoms with van der Waals surface area (Å²) < 4.78 is 13.0. The van der Waals surface area contributed by atoms with E-state index >= 15 is 0 Å². The van der Waals surface area contributed by atoms with E-state index in [1.807, 2.05) is 12.1 Å². The third kappa shape index (κ3) is 6.45. The number of amides is 1. The summed E-state index contributed by atoms with van der Waals surface area (Å²) in [6, 6.07) is 11.7. The summed E-state index contributed by atoms with van der Waals surface area (Å²) in [6.45, 7) is 5.32. The molecule has 28 heavy (non-hydrogen) atoms. The van der Waals surface area contributed by atoms with Gasteiger partial charge >= 0.3 is 0 Å². The van der Waals surface area contributed by atoms with E-state index in [0.717, 1.165) is 44.7 Å². The van der Waals surface area contributed by atoms with Gasteiger partial charge in [0.05, 0.1) is 10.7 Å². The van der Waals surface area contributed by atoms with Crippen molar-refractivity contribution in [3.8, 4) is 0 Å². The van der Waals surface area contributed by atoms with Crippen LogP contribution in [-0.2, 0) is 11.3 Å². The average Bonchev–Trinajstić information content (AvgIpc) is 2.90. The van der Waals surface area contributed by atoms with Gasteiger partial charge < -0.3 is 10.2 Å². The monoisotopic (exact) mass is 423 g/mol. The minimum absolute atomic E-state index is 0.0726. The Morgan fingerprint density at radius 1 is 1.00 bits per heavy atom. The summed E-state index contributed by atoms with van der Waals surface area (Å²) in [5.41, 5.74) is 1.66. The molecule has 0 bridgehead atoms. The fraction of sp³-hybridized carbons (Fsp3) is 0.381. The number of hydrogen-bond acceptors (Lipinski definition) is 3. The van der Waals surface area contributed by atoms with Crippen LogP contribution in [0, 0.1) is 5.82 Å². The summed E-state index contributed by atoms with van der Waals surface area (Å²) in [5.74, 6) is -0.278. The van der Waals surface area contributed by atoms with Crippen molar-refractivity contribution in [2.45, 2.75) is 19.4 Å². The van der Waals surface area contributed by atoms with Crippen LogP contribution in [0.3, 0.4) is 0 Å². The number of carbonyl (C=O) groups is 1. The summed E-state index contributed by atoms with van der Waals surface area (Å²) in [4.78, 5) is 16.9. The van der Waals surface area contributed by atoms with E-state index in [4.69, 9.17) is 23.2 Å². The molecule has 1 aliphatic rings. The fourth-order valence-electron chi connectivity index (χ4n) is 3.32. The zero-order valence-corrected chi connectivity index (χ0v) is 17.1. The minimum atomic E-state index is -0.205. The van der Waals surface area contributed by atoms with Crippen molar-refractivity contribution < 1.29 is 9.18 Å². The lowest BCUT2D eigenvalue weighted by Gasteiger charge is -2.21. The maximum atomic E-state index is 13.0. The van der Waals surface area contributed by atoms with Crippen LogP contribution < -0.4 is 5.32 Å². The van der Waals surface area contributed by atoms with Gasteiger partial charge in [0.25, 0.3) is 0 Å². The molecule has 4 nitrogen and oxygen atoms in total. The zero-order chi connectivity index (χ0) is 19.9. The molecular weight excluding hydrogens is 400 g/mol. The molecule has 1 fully saturated rings. The lowest BCUT2D eigenvalue weighted by atomic mass is 10.2. The highest BCUT2D eigenvalue weighted by molar-refractivity contribution is 6.35. The molecule has 150 valence electrons. The van der Waals surface area contributed by atoms with Gasteiger partial charge in [-0.25, -0.2) is 4.39 Å². The first-order valence-corrected chi connectivity index (χ1v) is 10.2. The van der Waals surface area contributed by atoms with Crippen molar-refractivity contribution in [2.75, 3.05) is 38.0 Å². The van der Waals surface area contributed by atoms with Gasteiger partial charge in [0.1, 0.15) is 5.82 Å². The normalized spacial score (nSPS) is 16.0. The largest absolute Gasteiger partial charge is 0.325 e. The molecule has 0 unspecified atom stereocenters. The number of nitrogens with one attached hydrogen (secondary N) is 1. The molecule has 1 saturated heterocycles. The Kier molecular flexibility index (Phi) is 7.68. The van der Waals surface area contributed by atoms with E-state index in [2.05, 4.69) is 15.1 Å². The van der Waals surface area contributed by atoms with Gasteiger partial charge in [-0.15, -0.1) is 0 Å². The smallest absolute Gasteiger partial charge is 0.225 e. The van der Waals surface area contributed by atoms with Gasteiger partial charge in [-0.3, -0.25) is 9.69 Å². The van der Waals surface area contributed by atoms with Crippen molar-refractivity contribution in [3.63, 3.8) is 0 Å². The molecule has 1 N–H and O–H groups in total. The third-order valence-corrected chi connectivity index (χ3v) is 5.42. The molecule has 1 aliphatic heterocycles. The zero-order valence-electron chi connectivity index (χ0n) is 15.6. The van der Waals surface area contributed by atoms with Crippen LogP contribution in [-0.4, -0.2) is 48.4 Å². The second-order valence-electron chi connectivity index (χ2n) is 7.02. The van der Waals surface area contributed by atoms with Gasteiger partial charge in [-0.05, 0) is 55.4 Å². The topological polar surface area (TPSA) is 35.6 Å². The molecule has 0 saturated carbocycles. The Morgan fingerprint density at radius 2 is 1.71 bits per heavy atom. The highest BCUT2D eigenvalue weighted by Crippen LogP contribution is 2.25. The Morgan fingerprint density at radius 3 is 2.50 bits per heavy atom. The van der Waals surface area contributed by atoms with Crippen LogP contribution in [0.25, 0.3) is 0 Å². The van der Waals surface area contributed by atoms with Gasteiger partial charge in [0, 0.05) is 37.6 Å². The van der Waals surface area contributed by atoms with Gasteiger partial charge in [0.15, 0.2) is 0 Å². The van der Waals surface area contributed by atoms with Crippen molar-refractivity contribution in [3.05, 3.63) is 63.9 Å². The highest BCUT2D eigenvalue weighted by Gasteiger charge is 2.16. The van der Waals surface area contributed by atoms with E-state index in [1.54, 1.807) is 18.2 Å². The predicted molar refractivity (Wildman–Crippen MR) is 112 cm³/mol. The molecular formula is C21H24Cl2FN3O. The van der Waals surface area contributed by atoms with Gasteiger partial charge in [-0.2, -0.15) is 0 Å². The van der Waals surface area contributed by atoms with E-state index in [9.17, 15) is 9.18 Å². The number of benzene rings is 2. The number of rotatable bonds is 6. The summed E-state index contributed by atoms with van der Waals surface area (Å²) in [7, 11) is 0. The van der Waals surface area contributed by atoms with Crippen LogP contribution in [0.15, 0.2) is 42.5 Å². The number of nitrogens with zero attached hydrogens (tertiary/aromatic N) is 2. The van der Waals surface area contributed by atoms with Gasteiger partial charge in [0.2, 0.25) is 5.91 Å². The standard InChI is InChI=1S/C21H24Cl2FN3O/c22-17-4-7-19(23)20(14-17)25-21(28)8-11-26-9-1-10-27(13-12-26)15-16-2-5-18(24)6-3-16/h2-7,14H,1,8-13,15H2,(H,25,28). The first kappa shape index (κ1) is 21.1. The Bertz CT molecular complexity index is 801. The van der Waals surface area contributed by atoms with Gasteiger partial charge in [-0.1, -0.05) is 35.3 Å². The maximum Gasteiger partial charge on any atom is 0.225 e. The molecule has 0 spiro atoms. The van der Waals surface area contributed by atoms with Crippen molar-refractivity contribution in [1.29, 1.82) is 0 Å². The SMILES string of the molecule is O=C(CCN1CCCN(Cc2ccc(F)cc2)CC1)Nc1cc(Cl)ccc1Cl.